The van der Waals surface area contributed by atoms with Crippen LogP contribution < -0.4 is 14.3 Å². The van der Waals surface area contributed by atoms with Crippen molar-refractivity contribution in [3.05, 3.63) is 47.2 Å². The zero-order valence-electron chi connectivity index (χ0n) is 13.9. The first-order valence-corrected chi connectivity index (χ1v) is 8.38. The molecule has 0 spiro atoms. The zero-order valence-corrected chi connectivity index (χ0v) is 13.9. The van der Waals surface area contributed by atoms with Crippen molar-refractivity contribution in [1.29, 1.82) is 0 Å². The normalized spacial score (nSPS) is 12.8. The minimum Gasteiger partial charge on any atom is -0.595 e. The van der Waals surface area contributed by atoms with Gasteiger partial charge in [0.1, 0.15) is 5.69 Å². The maximum atomic E-state index is 12.6. The van der Waals surface area contributed by atoms with Crippen molar-refractivity contribution in [3.8, 4) is 22.8 Å². The first-order chi connectivity index (χ1) is 11.7. The quantitative estimate of drug-likeness (QED) is 0.546. The number of hydrogen-bond donors (Lipinski definition) is 0. The number of hydrogen-bond acceptors (Lipinski definition) is 3. The topological polar surface area (TPSA) is 50.3 Å². The largest absolute Gasteiger partial charge is 0.595 e. The lowest BCUT2D eigenvalue weighted by Gasteiger charge is -2.20. The molecule has 3 aromatic rings. The van der Waals surface area contributed by atoms with Gasteiger partial charge in [0.25, 0.3) is 5.52 Å². The molecule has 0 bridgehead atoms. The Morgan fingerprint density at radius 1 is 1.08 bits per heavy atom. The molecule has 5 heteroatoms. The maximum absolute atomic E-state index is 12.6. The lowest BCUT2D eigenvalue weighted by Crippen LogP contribution is -2.39. The molecule has 1 aliphatic heterocycles. The predicted molar refractivity (Wildman–Crippen MR) is 92.4 cm³/mol. The summed E-state index contributed by atoms with van der Waals surface area (Å²) in [5.74, 6) is 1.51. The molecule has 0 saturated heterocycles. The molecule has 0 radical (unpaired) electrons. The Morgan fingerprint density at radius 2 is 1.79 bits per heavy atom. The summed E-state index contributed by atoms with van der Waals surface area (Å²) in [6, 6.07) is 11.8. The van der Waals surface area contributed by atoms with Gasteiger partial charge >= 0.3 is 0 Å². The molecule has 5 nitrogen and oxygen atoms in total. The van der Waals surface area contributed by atoms with Crippen molar-refractivity contribution in [3.63, 3.8) is 0 Å². The van der Waals surface area contributed by atoms with Crippen molar-refractivity contribution < 1.29 is 14.3 Å². The Bertz CT molecular complexity index is 915. The minimum absolute atomic E-state index is 0.572. The molecule has 0 atom stereocenters. The summed E-state index contributed by atoms with van der Waals surface area (Å²) in [5, 5.41) is 13.6. The van der Waals surface area contributed by atoms with Crippen LogP contribution in [0.2, 0.25) is 0 Å². The standard InChI is InChI=1S/C19H20N2O3/c1-3-23-17-11-13-9-10-20-19(15(13)12-18(17)24-4-2)14-7-5-6-8-16(14)21(20)22/h5-8,11-12H,3-4,9-10H2,1-2H3. The smallest absolute Gasteiger partial charge is 0.252 e. The summed E-state index contributed by atoms with van der Waals surface area (Å²) < 4.78 is 13.3. The van der Waals surface area contributed by atoms with E-state index in [0.717, 1.165) is 39.4 Å². The number of benzene rings is 2. The van der Waals surface area contributed by atoms with Gasteiger partial charge in [-0.05, 0) is 44.0 Å². The Balaban J connectivity index is 1.98. The van der Waals surface area contributed by atoms with Gasteiger partial charge in [0.05, 0.1) is 25.1 Å². The highest BCUT2D eigenvalue weighted by atomic mass is 16.5. The van der Waals surface area contributed by atoms with Crippen molar-refractivity contribution in [2.24, 2.45) is 0 Å². The van der Waals surface area contributed by atoms with Gasteiger partial charge in [-0.25, -0.2) is 0 Å². The van der Waals surface area contributed by atoms with Crippen molar-refractivity contribution in [2.75, 3.05) is 13.2 Å². The first kappa shape index (κ1) is 14.9. The predicted octanol–water partition coefficient (Wildman–Crippen LogP) is 3.30. The van der Waals surface area contributed by atoms with E-state index in [-0.39, 0.29) is 0 Å². The van der Waals surface area contributed by atoms with Gasteiger partial charge in [-0.1, -0.05) is 17.0 Å². The summed E-state index contributed by atoms with van der Waals surface area (Å²) in [5.41, 5.74) is 3.91. The Kier molecular flexibility index (Phi) is 3.56. The summed E-state index contributed by atoms with van der Waals surface area (Å²) >= 11 is 0. The molecule has 0 N–H and O–H groups in total. The molecule has 24 heavy (non-hydrogen) atoms. The van der Waals surface area contributed by atoms with Crippen LogP contribution in [0.4, 0.5) is 0 Å². The molecule has 124 valence electrons. The second-order valence-corrected chi connectivity index (χ2v) is 5.83. The van der Waals surface area contributed by atoms with E-state index in [2.05, 4.69) is 6.07 Å². The number of fused-ring (bicyclic) bond motifs is 5. The van der Waals surface area contributed by atoms with Gasteiger partial charge in [0, 0.05) is 11.6 Å². The third kappa shape index (κ3) is 2.12. The van der Waals surface area contributed by atoms with E-state index in [4.69, 9.17) is 9.47 Å². The number of ether oxygens (including phenoxy) is 2. The molecular formula is C19H20N2O3. The van der Waals surface area contributed by atoms with E-state index < -0.39 is 0 Å². The lowest BCUT2D eigenvalue weighted by molar-refractivity contribution is -0.669. The molecule has 1 aliphatic rings. The molecule has 0 amide bonds. The van der Waals surface area contributed by atoms with E-state index in [1.807, 2.05) is 48.9 Å². The third-order valence-electron chi connectivity index (χ3n) is 4.46. The molecule has 0 saturated carbocycles. The Morgan fingerprint density at radius 3 is 2.54 bits per heavy atom. The SMILES string of the molecule is CCOc1cc2c(cc1OCC)-c1c3ccccc3[n+]([O-])n1CC2. The third-order valence-corrected chi connectivity index (χ3v) is 4.46. The monoisotopic (exact) mass is 324 g/mol. The van der Waals surface area contributed by atoms with Crippen molar-refractivity contribution in [1.82, 2.24) is 4.68 Å². The highest BCUT2D eigenvalue weighted by Gasteiger charge is 2.28. The fourth-order valence-electron chi connectivity index (χ4n) is 3.48. The van der Waals surface area contributed by atoms with Crippen LogP contribution in [0.3, 0.4) is 0 Å². The first-order valence-electron chi connectivity index (χ1n) is 8.38. The van der Waals surface area contributed by atoms with Crippen LogP contribution in [0, 0.1) is 5.21 Å². The van der Waals surface area contributed by atoms with Crippen LogP contribution in [-0.2, 0) is 13.0 Å². The molecule has 2 aromatic carbocycles. The highest BCUT2D eigenvalue weighted by Crippen LogP contribution is 2.40. The summed E-state index contributed by atoms with van der Waals surface area (Å²) in [7, 11) is 0. The van der Waals surface area contributed by atoms with E-state index in [9.17, 15) is 5.21 Å². The average molecular weight is 324 g/mol. The van der Waals surface area contributed by atoms with Crippen LogP contribution in [0.1, 0.15) is 19.4 Å². The Hall–Kier alpha value is -2.69. The van der Waals surface area contributed by atoms with E-state index in [1.54, 1.807) is 0 Å². The van der Waals surface area contributed by atoms with Gasteiger partial charge in [0.2, 0.25) is 0 Å². The number of nitrogens with zero attached hydrogens (tertiary/aromatic N) is 2. The number of rotatable bonds is 4. The van der Waals surface area contributed by atoms with Crippen LogP contribution in [0.5, 0.6) is 11.5 Å². The number of aromatic nitrogens is 2. The molecule has 1 aromatic heterocycles. The molecule has 4 rings (SSSR count). The minimum atomic E-state index is 0.572. The van der Waals surface area contributed by atoms with E-state index in [1.165, 1.54) is 5.56 Å². The van der Waals surface area contributed by atoms with Crippen LogP contribution >= 0.6 is 0 Å². The Labute approximate surface area is 140 Å². The van der Waals surface area contributed by atoms with Gasteiger partial charge in [-0.2, -0.15) is 0 Å². The molecule has 0 aliphatic carbocycles. The second kappa shape index (κ2) is 5.74. The number of para-hydroxylation sites is 1. The molecule has 0 fully saturated rings. The zero-order chi connectivity index (χ0) is 16.7. The highest BCUT2D eigenvalue weighted by molar-refractivity contribution is 5.93. The lowest BCUT2D eigenvalue weighted by atomic mass is 9.96. The van der Waals surface area contributed by atoms with Gasteiger partial charge < -0.3 is 14.7 Å². The summed E-state index contributed by atoms with van der Waals surface area (Å²) in [6.07, 6.45) is 0.804. The maximum Gasteiger partial charge on any atom is 0.252 e. The van der Waals surface area contributed by atoms with Gasteiger partial charge in [0.15, 0.2) is 11.5 Å². The molecule has 0 unspecified atom stereocenters. The fourth-order valence-corrected chi connectivity index (χ4v) is 3.48. The van der Waals surface area contributed by atoms with Crippen molar-refractivity contribution in [2.45, 2.75) is 26.8 Å². The van der Waals surface area contributed by atoms with Crippen molar-refractivity contribution >= 4 is 10.9 Å². The fraction of sp³-hybridized carbons (Fsp3) is 0.316. The van der Waals surface area contributed by atoms with Gasteiger partial charge in [-0.3, -0.25) is 0 Å². The van der Waals surface area contributed by atoms with Gasteiger partial charge in [-0.15, -0.1) is 4.68 Å². The molecular weight excluding hydrogens is 304 g/mol. The van der Waals surface area contributed by atoms with E-state index >= 15 is 0 Å². The van der Waals surface area contributed by atoms with Crippen LogP contribution in [0.15, 0.2) is 36.4 Å². The summed E-state index contributed by atoms with van der Waals surface area (Å²) in [6.45, 7) is 5.76. The average Bonchev–Trinajstić information content (AvgIpc) is 2.89. The number of aryl methyl sites for hydroxylation is 1. The molecule has 2 heterocycles. The summed E-state index contributed by atoms with van der Waals surface area (Å²) in [4.78, 5) is 1.00. The van der Waals surface area contributed by atoms with E-state index in [0.29, 0.717) is 25.3 Å². The van der Waals surface area contributed by atoms with Crippen LogP contribution in [-0.4, -0.2) is 17.9 Å². The van der Waals surface area contributed by atoms with Crippen LogP contribution in [0.25, 0.3) is 22.2 Å². The second-order valence-electron chi connectivity index (χ2n) is 5.83.